The number of piperazine rings is 1. The number of fused-ring (bicyclic) bond motifs is 1. The van der Waals surface area contributed by atoms with Crippen molar-refractivity contribution < 1.29 is 13.9 Å². The number of imidazole rings is 1. The van der Waals surface area contributed by atoms with Gasteiger partial charge in [-0.05, 0) is 48.9 Å². The molecule has 2 aromatic heterocycles. The van der Waals surface area contributed by atoms with Crippen LogP contribution in [0, 0.1) is 5.82 Å². The Labute approximate surface area is 227 Å². The first kappa shape index (κ1) is 26.6. The lowest BCUT2D eigenvalue weighted by molar-refractivity contribution is -0.117. The molecule has 0 saturated carbocycles. The summed E-state index contributed by atoms with van der Waals surface area (Å²) < 4.78 is 22.4. The van der Waals surface area contributed by atoms with Crippen molar-refractivity contribution in [1.82, 2.24) is 24.3 Å². The number of carbonyl (C=O) groups excluding carboxylic acids is 1. The Bertz CT molecular complexity index is 1480. The SMILES string of the molecule is CC(C)c1ccc(F)c(Nc2nc3cc(Oc4ccnc(NC(=O)CN5CCN(C)CC5)c4)ccc3n2C)c1. The van der Waals surface area contributed by atoms with Gasteiger partial charge in [0, 0.05) is 51.6 Å². The zero-order valence-corrected chi connectivity index (χ0v) is 22.7. The van der Waals surface area contributed by atoms with Gasteiger partial charge in [-0.3, -0.25) is 9.69 Å². The van der Waals surface area contributed by atoms with E-state index in [0.717, 1.165) is 37.3 Å². The standard InChI is InChI=1S/C29H34FN7O2/c1-19(2)20-5-7-23(30)24(15-20)32-29-33-25-16-21(6-8-26(25)36(29)4)39-22-9-10-31-27(17-22)34-28(38)18-37-13-11-35(3)12-14-37/h5-10,15-17,19H,11-14,18H2,1-4H3,(H,32,33)(H,31,34,38). The number of carbonyl (C=O) groups is 1. The lowest BCUT2D eigenvalue weighted by Crippen LogP contribution is -2.47. The second-order valence-corrected chi connectivity index (χ2v) is 10.3. The van der Waals surface area contributed by atoms with Gasteiger partial charge >= 0.3 is 0 Å². The van der Waals surface area contributed by atoms with E-state index in [1.807, 2.05) is 35.9 Å². The quantitative estimate of drug-likeness (QED) is 0.333. The molecule has 1 fully saturated rings. The molecule has 204 valence electrons. The van der Waals surface area contributed by atoms with Crippen LogP contribution in [0.4, 0.5) is 21.8 Å². The van der Waals surface area contributed by atoms with Crippen molar-refractivity contribution in [2.45, 2.75) is 19.8 Å². The number of likely N-dealkylation sites (N-methyl/N-ethyl adjacent to an activating group) is 1. The number of hydrogen-bond donors (Lipinski definition) is 2. The number of aryl methyl sites for hydroxylation is 1. The van der Waals surface area contributed by atoms with Crippen LogP contribution in [0.3, 0.4) is 0 Å². The summed E-state index contributed by atoms with van der Waals surface area (Å²) in [7, 11) is 3.96. The van der Waals surface area contributed by atoms with Gasteiger partial charge in [-0.15, -0.1) is 0 Å². The molecule has 1 aliphatic heterocycles. The molecule has 0 bridgehead atoms. The highest BCUT2D eigenvalue weighted by Gasteiger charge is 2.17. The highest BCUT2D eigenvalue weighted by atomic mass is 19.1. The van der Waals surface area contributed by atoms with Crippen molar-refractivity contribution in [1.29, 1.82) is 0 Å². The van der Waals surface area contributed by atoms with Crippen LogP contribution in [-0.2, 0) is 11.8 Å². The maximum absolute atomic E-state index is 14.5. The molecule has 10 heteroatoms. The van der Waals surface area contributed by atoms with Crippen LogP contribution in [0.1, 0.15) is 25.3 Å². The maximum Gasteiger partial charge on any atom is 0.239 e. The summed E-state index contributed by atoms with van der Waals surface area (Å²) in [6, 6.07) is 14.1. The zero-order chi connectivity index (χ0) is 27.5. The fourth-order valence-corrected chi connectivity index (χ4v) is 4.54. The van der Waals surface area contributed by atoms with Crippen LogP contribution in [0.25, 0.3) is 11.0 Å². The maximum atomic E-state index is 14.5. The van der Waals surface area contributed by atoms with Crippen molar-refractivity contribution in [2.75, 3.05) is 50.4 Å². The fraction of sp³-hybridized carbons (Fsp3) is 0.345. The Morgan fingerprint density at radius 3 is 2.56 bits per heavy atom. The second kappa shape index (κ2) is 11.4. The number of pyridine rings is 1. The summed E-state index contributed by atoms with van der Waals surface area (Å²) in [5.74, 6) is 1.93. The minimum absolute atomic E-state index is 0.102. The lowest BCUT2D eigenvalue weighted by atomic mass is 10.0. The second-order valence-electron chi connectivity index (χ2n) is 10.3. The predicted octanol–water partition coefficient (Wildman–Crippen LogP) is 4.95. The molecule has 0 atom stereocenters. The third-order valence-electron chi connectivity index (χ3n) is 6.95. The van der Waals surface area contributed by atoms with Crippen LogP contribution in [0.5, 0.6) is 11.5 Å². The summed E-state index contributed by atoms with van der Waals surface area (Å²) in [5, 5.41) is 6.00. The van der Waals surface area contributed by atoms with Crippen LogP contribution in [-0.4, -0.2) is 70.0 Å². The topological polar surface area (TPSA) is 87.6 Å². The van der Waals surface area contributed by atoms with Gasteiger partial charge in [0.2, 0.25) is 11.9 Å². The Kier molecular flexibility index (Phi) is 7.76. The Morgan fingerprint density at radius 1 is 1.03 bits per heavy atom. The van der Waals surface area contributed by atoms with Gasteiger partial charge in [-0.2, -0.15) is 0 Å². The number of hydrogen-bond acceptors (Lipinski definition) is 7. The van der Waals surface area contributed by atoms with Gasteiger partial charge < -0.3 is 24.8 Å². The molecule has 0 aliphatic carbocycles. The van der Waals surface area contributed by atoms with Crippen LogP contribution >= 0.6 is 0 Å². The van der Waals surface area contributed by atoms with E-state index in [1.54, 1.807) is 24.4 Å². The number of halogens is 1. The molecule has 39 heavy (non-hydrogen) atoms. The summed E-state index contributed by atoms with van der Waals surface area (Å²) >= 11 is 0. The van der Waals surface area contributed by atoms with E-state index in [9.17, 15) is 9.18 Å². The number of aromatic nitrogens is 3. The van der Waals surface area contributed by atoms with E-state index in [1.165, 1.54) is 6.07 Å². The molecule has 5 rings (SSSR count). The normalized spacial score (nSPS) is 14.6. The molecule has 0 spiro atoms. The van der Waals surface area contributed by atoms with Crippen LogP contribution in [0.15, 0.2) is 54.7 Å². The van der Waals surface area contributed by atoms with Gasteiger partial charge in [-0.25, -0.2) is 14.4 Å². The van der Waals surface area contributed by atoms with Gasteiger partial charge in [0.05, 0.1) is 23.3 Å². The molecule has 0 radical (unpaired) electrons. The van der Waals surface area contributed by atoms with E-state index >= 15 is 0 Å². The number of nitrogens with one attached hydrogen (secondary N) is 2. The molecule has 2 aromatic carbocycles. The van der Waals surface area contributed by atoms with Gasteiger partial charge in [0.1, 0.15) is 23.1 Å². The van der Waals surface area contributed by atoms with Gasteiger partial charge in [0.25, 0.3) is 0 Å². The van der Waals surface area contributed by atoms with Crippen molar-refractivity contribution in [3.05, 3.63) is 66.1 Å². The number of ether oxygens (including phenoxy) is 1. The van der Waals surface area contributed by atoms with E-state index in [2.05, 4.69) is 51.3 Å². The Hall–Kier alpha value is -4.02. The third-order valence-corrected chi connectivity index (χ3v) is 6.95. The number of anilines is 3. The van der Waals surface area contributed by atoms with E-state index in [4.69, 9.17) is 4.74 Å². The molecular formula is C29H34FN7O2. The van der Waals surface area contributed by atoms with Crippen molar-refractivity contribution in [2.24, 2.45) is 7.05 Å². The van der Waals surface area contributed by atoms with Crippen molar-refractivity contribution in [3.8, 4) is 11.5 Å². The molecule has 1 aliphatic rings. The molecule has 3 heterocycles. The monoisotopic (exact) mass is 531 g/mol. The molecule has 1 amide bonds. The average Bonchev–Trinajstić information content (AvgIpc) is 3.21. The number of benzene rings is 2. The Morgan fingerprint density at radius 2 is 1.79 bits per heavy atom. The first-order valence-corrected chi connectivity index (χ1v) is 13.1. The minimum atomic E-state index is -0.334. The largest absolute Gasteiger partial charge is 0.457 e. The predicted molar refractivity (Wildman–Crippen MR) is 151 cm³/mol. The highest BCUT2D eigenvalue weighted by Crippen LogP contribution is 2.30. The van der Waals surface area contributed by atoms with Gasteiger partial charge in [0.15, 0.2) is 0 Å². The smallest absolute Gasteiger partial charge is 0.239 e. The highest BCUT2D eigenvalue weighted by molar-refractivity contribution is 5.91. The fourth-order valence-electron chi connectivity index (χ4n) is 4.54. The molecule has 1 saturated heterocycles. The van der Waals surface area contributed by atoms with Crippen molar-refractivity contribution in [3.63, 3.8) is 0 Å². The van der Waals surface area contributed by atoms with E-state index < -0.39 is 0 Å². The summed E-state index contributed by atoms with van der Waals surface area (Å²) in [4.78, 5) is 25.8. The van der Waals surface area contributed by atoms with E-state index in [-0.39, 0.29) is 17.6 Å². The van der Waals surface area contributed by atoms with E-state index in [0.29, 0.717) is 41.0 Å². The minimum Gasteiger partial charge on any atom is -0.457 e. The molecule has 9 nitrogen and oxygen atoms in total. The Balaban J connectivity index is 1.27. The number of rotatable bonds is 8. The molecule has 2 N–H and O–H groups in total. The van der Waals surface area contributed by atoms with Gasteiger partial charge in [-0.1, -0.05) is 19.9 Å². The van der Waals surface area contributed by atoms with Crippen LogP contribution < -0.4 is 15.4 Å². The molecule has 0 unspecified atom stereocenters. The summed E-state index contributed by atoms with van der Waals surface area (Å²) in [5.41, 5.74) is 3.00. The zero-order valence-electron chi connectivity index (χ0n) is 22.7. The van der Waals surface area contributed by atoms with Crippen LogP contribution in [0.2, 0.25) is 0 Å². The summed E-state index contributed by atoms with van der Waals surface area (Å²) in [6.07, 6.45) is 1.60. The number of nitrogens with zero attached hydrogens (tertiary/aromatic N) is 5. The third kappa shape index (κ3) is 6.35. The number of amides is 1. The first-order valence-electron chi connectivity index (χ1n) is 13.1. The average molecular weight is 532 g/mol. The van der Waals surface area contributed by atoms with Crippen molar-refractivity contribution >= 4 is 34.4 Å². The summed E-state index contributed by atoms with van der Waals surface area (Å²) in [6.45, 7) is 8.12. The molecule has 4 aromatic rings. The first-order chi connectivity index (χ1) is 18.7. The molecular weight excluding hydrogens is 497 g/mol. The lowest BCUT2D eigenvalue weighted by Gasteiger charge is -2.31.